The highest BCUT2D eigenvalue weighted by molar-refractivity contribution is 5.80. The third kappa shape index (κ3) is 3.36. The first-order valence-corrected chi connectivity index (χ1v) is 8.75. The number of hydrogen-bond donors (Lipinski definition) is 2. The molecule has 2 N–H and O–H groups in total. The first-order chi connectivity index (χ1) is 10.0. The van der Waals surface area contributed by atoms with Crippen molar-refractivity contribution in [1.29, 1.82) is 0 Å². The average molecular weight is 292 g/mol. The molecular formula is C17H32N4. The molecule has 1 saturated heterocycles. The molecule has 3 fully saturated rings. The van der Waals surface area contributed by atoms with Gasteiger partial charge in [0.05, 0.1) is 0 Å². The average Bonchev–Trinajstić information content (AvgIpc) is 3.34. The standard InChI is InChI=1S/C17H32N4/c1-12(2)21-9-13(3)15(10-21)20-16(18-4)19-11-17(7-8-17)14-5-6-14/h12-15H,5-11H2,1-4H3,(H2,18,19,20). The summed E-state index contributed by atoms with van der Waals surface area (Å²) in [7, 11) is 1.89. The zero-order chi connectivity index (χ0) is 15.0. The van der Waals surface area contributed by atoms with Crippen molar-refractivity contribution in [1.82, 2.24) is 15.5 Å². The molecule has 0 aromatic carbocycles. The number of nitrogens with one attached hydrogen (secondary N) is 2. The molecule has 2 saturated carbocycles. The van der Waals surface area contributed by atoms with Gasteiger partial charge in [0, 0.05) is 38.8 Å². The van der Waals surface area contributed by atoms with E-state index in [0.717, 1.165) is 25.0 Å². The van der Waals surface area contributed by atoms with Crippen molar-refractivity contribution in [2.24, 2.45) is 22.2 Å². The maximum atomic E-state index is 4.44. The first-order valence-electron chi connectivity index (χ1n) is 8.75. The zero-order valence-electron chi connectivity index (χ0n) is 14.2. The van der Waals surface area contributed by atoms with Crippen LogP contribution >= 0.6 is 0 Å². The topological polar surface area (TPSA) is 39.7 Å². The van der Waals surface area contributed by atoms with E-state index in [2.05, 4.69) is 41.3 Å². The highest BCUT2D eigenvalue weighted by Crippen LogP contribution is 2.60. The highest BCUT2D eigenvalue weighted by Gasteiger charge is 2.53. The maximum Gasteiger partial charge on any atom is 0.191 e. The van der Waals surface area contributed by atoms with Crippen LogP contribution < -0.4 is 10.6 Å². The predicted octanol–water partition coefficient (Wildman–Crippen LogP) is 2.07. The summed E-state index contributed by atoms with van der Waals surface area (Å²) in [6, 6.07) is 1.16. The van der Waals surface area contributed by atoms with Crippen molar-refractivity contribution in [2.75, 3.05) is 26.7 Å². The lowest BCUT2D eigenvalue weighted by Gasteiger charge is -2.23. The largest absolute Gasteiger partial charge is 0.356 e. The molecule has 0 radical (unpaired) electrons. The van der Waals surface area contributed by atoms with E-state index in [-0.39, 0.29) is 0 Å². The van der Waals surface area contributed by atoms with Crippen LogP contribution in [-0.2, 0) is 0 Å². The van der Waals surface area contributed by atoms with Gasteiger partial charge in [-0.2, -0.15) is 0 Å². The van der Waals surface area contributed by atoms with Crippen molar-refractivity contribution in [3.8, 4) is 0 Å². The Morgan fingerprint density at radius 2 is 2.00 bits per heavy atom. The van der Waals surface area contributed by atoms with Crippen molar-refractivity contribution in [2.45, 2.75) is 58.5 Å². The van der Waals surface area contributed by atoms with E-state index < -0.39 is 0 Å². The molecule has 0 bridgehead atoms. The van der Waals surface area contributed by atoms with E-state index in [4.69, 9.17) is 0 Å². The van der Waals surface area contributed by atoms with Crippen LogP contribution in [0.1, 0.15) is 46.5 Å². The Hall–Kier alpha value is -0.770. The fraction of sp³-hybridized carbons (Fsp3) is 0.941. The molecule has 4 nitrogen and oxygen atoms in total. The molecular weight excluding hydrogens is 260 g/mol. The molecule has 3 aliphatic rings. The second kappa shape index (κ2) is 5.79. The number of guanidine groups is 1. The van der Waals surface area contributed by atoms with Gasteiger partial charge < -0.3 is 10.6 Å². The minimum Gasteiger partial charge on any atom is -0.356 e. The summed E-state index contributed by atoms with van der Waals surface area (Å²) >= 11 is 0. The van der Waals surface area contributed by atoms with Crippen LogP contribution in [0.15, 0.2) is 4.99 Å². The van der Waals surface area contributed by atoms with Crippen LogP contribution in [0.4, 0.5) is 0 Å². The van der Waals surface area contributed by atoms with Crippen molar-refractivity contribution < 1.29 is 0 Å². The van der Waals surface area contributed by atoms with Gasteiger partial charge in [-0.15, -0.1) is 0 Å². The molecule has 2 aliphatic carbocycles. The van der Waals surface area contributed by atoms with Crippen molar-refractivity contribution >= 4 is 5.96 Å². The molecule has 2 unspecified atom stereocenters. The number of aliphatic imine (C=N–C) groups is 1. The third-order valence-electron chi connectivity index (χ3n) is 5.86. The second-order valence-corrected chi connectivity index (χ2v) is 7.84. The van der Waals surface area contributed by atoms with Gasteiger partial charge in [-0.3, -0.25) is 9.89 Å². The molecule has 2 atom stereocenters. The summed E-state index contributed by atoms with van der Waals surface area (Å²) in [6.07, 6.45) is 5.75. The van der Waals surface area contributed by atoms with Gasteiger partial charge in [0.25, 0.3) is 0 Å². The Labute approximate surface area is 129 Å². The molecule has 0 aromatic rings. The fourth-order valence-electron chi connectivity index (χ4n) is 3.83. The smallest absolute Gasteiger partial charge is 0.191 e. The van der Waals surface area contributed by atoms with E-state index >= 15 is 0 Å². The fourth-order valence-corrected chi connectivity index (χ4v) is 3.83. The second-order valence-electron chi connectivity index (χ2n) is 7.84. The minimum absolute atomic E-state index is 0.523. The normalized spacial score (nSPS) is 32.5. The van der Waals surface area contributed by atoms with E-state index in [1.54, 1.807) is 0 Å². The Morgan fingerprint density at radius 3 is 2.48 bits per heavy atom. The van der Waals surface area contributed by atoms with Crippen LogP contribution in [0.5, 0.6) is 0 Å². The Balaban J connectivity index is 1.48. The zero-order valence-corrected chi connectivity index (χ0v) is 14.2. The van der Waals surface area contributed by atoms with E-state index in [1.165, 1.54) is 32.2 Å². The Bertz CT molecular complexity index is 396. The van der Waals surface area contributed by atoms with Crippen LogP contribution in [0.3, 0.4) is 0 Å². The highest BCUT2D eigenvalue weighted by atomic mass is 15.3. The quantitative estimate of drug-likeness (QED) is 0.602. The minimum atomic E-state index is 0.523. The van der Waals surface area contributed by atoms with Crippen LogP contribution in [0.25, 0.3) is 0 Å². The van der Waals surface area contributed by atoms with Gasteiger partial charge in [0.1, 0.15) is 0 Å². The lowest BCUT2D eigenvalue weighted by molar-refractivity contribution is 0.265. The third-order valence-corrected chi connectivity index (χ3v) is 5.86. The van der Waals surface area contributed by atoms with Crippen LogP contribution in [-0.4, -0.2) is 49.6 Å². The predicted molar refractivity (Wildman–Crippen MR) is 88.5 cm³/mol. The Morgan fingerprint density at radius 1 is 1.29 bits per heavy atom. The molecule has 0 aromatic heterocycles. The SMILES string of the molecule is CN=C(NCC1(C2CC2)CC1)NC1CN(C(C)C)CC1C. The number of nitrogens with zero attached hydrogens (tertiary/aromatic N) is 2. The van der Waals surface area contributed by atoms with E-state index in [1.807, 2.05) is 7.05 Å². The summed E-state index contributed by atoms with van der Waals surface area (Å²) in [5.41, 5.74) is 0.628. The monoisotopic (exact) mass is 292 g/mol. The van der Waals surface area contributed by atoms with Crippen molar-refractivity contribution in [3.05, 3.63) is 0 Å². The van der Waals surface area contributed by atoms with Gasteiger partial charge in [-0.25, -0.2) is 0 Å². The Kier molecular flexibility index (Phi) is 4.17. The van der Waals surface area contributed by atoms with Crippen LogP contribution in [0.2, 0.25) is 0 Å². The van der Waals surface area contributed by atoms with Gasteiger partial charge in [0.2, 0.25) is 0 Å². The molecule has 1 heterocycles. The first kappa shape index (κ1) is 15.1. The molecule has 0 amide bonds. The van der Waals surface area contributed by atoms with Gasteiger partial charge in [-0.05, 0) is 56.8 Å². The van der Waals surface area contributed by atoms with E-state index in [9.17, 15) is 0 Å². The summed E-state index contributed by atoms with van der Waals surface area (Å²) < 4.78 is 0. The molecule has 4 heteroatoms. The number of rotatable bonds is 5. The van der Waals surface area contributed by atoms with Gasteiger partial charge in [-0.1, -0.05) is 6.92 Å². The molecule has 3 rings (SSSR count). The molecule has 0 spiro atoms. The van der Waals surface area contributed by atoms with E-state index in [0.29, 0.717) is 23.4 Å². The van der Waals surface area contributed by atoms with Crippen molar-refractivity contribution in [3.63, 3.8) is 0 Å². The lowest BCUT2D eigenvalue weighted by atomic mass is 10.0. The molecule has 21 heavy (non-hydrogen) atoms. The number of hydrogen-bond acceptors (Lipinski definition) is 2. The summed E-state index contributed by atoms with van der Waals surface area (Å²) in [4.78, 5) is 7.00. The maximum absolute atomic E-state index is 4.44. The van der Waals surface area contributed by atoms with Gasteiger partial charge >= 0.3 is 0 Å². The lowest BCUT2D eigenvalue weighted by Crippen LogP contribution is -2.48. The van der Waals surface area contributed by atoms with Crippen LogP contribution in [0, 0.1) is 17.3 Å². The summed E-state index contributed by atoms with van der Waals surface area (Å²) in [5, 5.41) is 7.26. The van der Waals surface area contributed by atoms with Gasteiger partial charge in [0.15, 0.2) is 5.96 Å². The summed E-state index contributed by atoms with van der Waals surface area (Å²) in [5.74, 6) is 2.69. The summed E-state index contributed by atoms with van der Waals surface area (Å²) in [6.45, 7) is 10.4. The molecule has 120 valence electrons. The molecule has 1 aliphatic heterocycles. The number of likely N-dealkylation sites (tertiary alicyclic amines) is 1.